The van der Waals surface area contributed by atoms with Gasteiger partial charge in [-0.1, -0.05) is 41.2 Å². The maximum absolute atomic E-state index is 13.2. The summed E-state index contributed by atoms with van der Waals surface area (Å²) in [6, 6.07) is 20.8. The van der Waals surface area contributed by atoms with Gasteiger partial charge in [0.05, 0.1) is 4.92 Å². The number of carbonyl (C=O) groups excluding carboxylic acids is 2. The van der Waals surface area contributed by atoms with E-state index in [0.717, 1.165) is 16.7 Å². The Balaban J connectivity index is 1.94. The van der Waals surface area contributed by atoms with Gasteiger partial charge in [0.2, 0.25) is 5.78 Å². The van der Waals surface area contributed by atoms with Gasteiger partial charge in [-0.25, -0.2) is 4.79 Å². The molecule has 0 aliphatic heterocycles. The maximum Gasteiger partial charge on any atom is 0.332 e. The van der Waals surface area contributed by atoms with Gasteiger partial charge in [0.15, 0.2) is 5.71 Å². The fourth-order valence-electron chi connectivity index (χ4n) is 2.74. The summed E-state index contributed by atoms with van der Waals surface area (Å²) >= 11 is 1.55. The van der Waals surface area contributed by atoms with Crippen LogP contribution < -0.4 is 0 Å². The number of non-ortho nitro benzene ring substituents is 1. The third kappa shape index (κ3) is 5.64. The molecule has 31 heavy (non-hydrogen) atoms. The van der Waals surface area contributed by atoms with Gasteiger partial charge in [-0.3, -0.25) is 14.9 Å². The topological polar surface area (TPSA) is 98.9 Å². The Bertz CT molecular complexity index is 1160. The number of hydrogen-bond donors (Lipinski definition) is 0. The van der Waals surface area contributed by atoms with Crippen LogP contribution in [0.2, 0.25) is 0 Å². The molecule has 3 rings (SSSR count). The average Bonchev–Trinajstić information content (AvgIpc) is 2.75. The molecule has 0 atom stereocenters. The first-order chi connectivity index (χ1) is 14.8. The molecule has 3 aromatic rings. The lowest BCUT2D eigenvalue weighted by atomic mass is 9.97. The van der Waals surface area contributed by atoms with Gasteiger partial charge in [0.1, 0.15) is 0 Å². The molecule has 0 aromatic heterocycles. The lowest BCUT2D eigenvalue weighted by molar-refractivity contribution is -0.384. The molecule has 3 aromatic carbocycles. The van der Waals surface area contributed by atoms with Crippen LogP contribution in [0.4, 0.5) is 5.69 Å². The molecule has 0 amide bonds. The first kappa shape index (κ1) is 21.9. The first-order valence-electron chi connectivity index (χ1n) is 9.24. The lowest BCUT2D eigenvalue weighted by Crippen LogP contribution is -2.18. The molecule has 7 nitrogen and oxygen atoms in total. The van der Waals surface area contributed by atoms with E-state index in [0.29, 0.717) is 11.1 Å². The van der Waals surface area contributed by atoms with Crippen LogP contribution in [0.1, 0.15) is 28.4 Å². The number of benzene rings is 3. The second-order valence-electron chi connectivity index (χ2n) is 6.55. The average molecular weight is 434 g/mol. The number of carbonyl (C=O) groups is 2. The molecular weight excluding hydrogens is 416 g/mol. The van der Waals surface area contributed by atoms with Crippen molar-refractivity contribution in [1.29, 1.82) is 0 Å². The predicted molar refractivity (Wildman–Crippen MR) is 117 cm³/mol. The maximum atomic E-state index is 13.2. The smallest absolute Gasteiger partial charge is 0.318 e. The van der Waals surface area contributed by atoms with E-state index < -0.39 is 16.7 Å². The van der Waals surface area contributed by atoms with E-state index in [9.17, 15) is 19.7 Å². The van der Waals surface area contributed by atoms with Crippen molar-refractivity contribution < 1.29 is 19.3 Å². The molecule has 0 heterocycles. The Hall–Kier alpha value is -3.78. The molecule has 0 bridgehead atoms. The summed E-state index contributed by atoms with van der Waals surface area (Å²) in [6.45, 7) is 2.84. The van der Waals surface area contributed by atoms with Crippen LogP contribution in [-0.2, 0) is 9.63 Å². The van der Waals surface area contributed by atoms with Crippen molar-refractivity contribution in [2.75, 3.05) is 0 Å². The summed E-state index contributed by atoms with van der Waals surface area (Å²) in [6.07, 6.45) is 0. The van der Waals surface area contributed by atoms with Crippen LogP contribution in [-0.4, -0.2) is 22.4 Å². The molecule has 0 unspecified atom stereocenters. The lowest BCUT2D eigenvalue weighted by Gasteiger charge is -2.09. The minimum absolute atomic E-state index is 0.181. The van der Waals surface area contributed by atoms with Gasteiger partial charge in [0.25, 0.3) is 5.69 Å². The Morgan fingerprint density at radius 1 is 0.968 bits per heavy atom. The summed E-state index contributed by atoms with van der Waals surface area (Å²) in [7, 11) is 0. The molecule has 8 heteroatoms. The SMILES string of the molecule is CC(=O)O/N=C(/C(=O)c1ccc(Sc2ccccc2)cc1)c1cc([N+](=O)[O-])ccc1C. The van der Waals surface area contributed by atoms with Gasteiger partial charge in [-0.05, 0) is 48.9 Å². The number of oxime groups is 1. The largest absolute Gasteiger partial charge is 0.332 e. The minimum atomic E-state index is -0.706. The number of nitrogens with zero attached hydrogens (tertiary/aromatic N) is 2. The Morgan fingerprint density at radius 2 is 1.61 bits per heavy atom. The fraction of sp³-hybridized carbons (Fsp3) is 0.0870. The van der Waals surface area contributed by atoms with Gasteiger partial charge in [0, 0.05) is 40.0 Å². The Morgan fingerprint density at radius 3 is 2.23 bits per heavy atom. The second kappa shape index (κ2) is 9.82. The van der Waals surface area contributed by atoms with Crippen molar-refractivity contribution in [2.24, 2.45) is 5.16 Å². The van der Waals surface area contributed by atoms with E-state index in [1.807, 2.05) is 30.3 Å². The van der Waals surface area contributed by atoms with Crippen molar-refractivity contribution in [1.82, 2.24) is 0 Å². The molecule has 0 fully saturated rings. The molecule has 0 saturated heterocycles. The van der Waals surface area contributed by atoms with E-state index in [-0.39, 0.29) is 17.0 Å². The van der Waals surface area contributed by atoms with Crippen molar-refractivity contribution in [3.8, 4) is 0 Å². The van der Waals surface area contributed by atoms with Crippen LogP contribution in [0.15, 0.2) is 87.7 Å². The van der Waals surface area contributed by atoms with Crippen LogP contribution >= 0.6 is 11.8 Å². The molecule has 0 saturated carbocycles. The van der Waals surface area contributed by atoms with E-state index in [2.05, 4.69) is 5.16 Å². The number of ketones is 1. The highest BCUT2D eigenvalue weighted by Crippen LogP contribution is 2.28. The standard InChI is InChI=1S/C23H18N2O5S/c1-15-8-11-18(25(28)29)14-21(15)22(24-30-16(2)26)23(27)17-9-12-20(13-10-17)31-19-6-4-3-5-7-19/h3-14H,1-2H3/b24-22+. The summed E-state index contributed by atoms with van der Waals surface area (Å²) in [5.41, 5.74) is 0.747. The Labute approximate surface area is 182 Å². The number of hydrogen-bond acceptors (Lipinski definition) is 7. The molecule has 0 radical (unpaired) electrons. The zero-order chi connectivity index (χ0) is 22.4. The molecular formula is C23H18N2O5S. The summed E-state index contributed by atoms with van der Waals surface area (Å²) < 4.78 is 0. The van der Waals surface area contributed by atoms with E-state index in [4.69, 9.17) is 4.84 Å². The van der Waals surface area contributed by atoms with Crippen molar-refractivity contribution in [3.63, 3.8) is 0 Å². The van der Waals surface area contributed by atoms with Crippen LogP contribution in [0, 0.1) is 17.0 Å². The number of nitro benzene ring substituents is 1. The third-order valence-corrected chi connectivity index (χ3v) is 5.28. The molecule has 0 aliphatic rings. The summed E-state index contributed by atoms with van der Waals surface area (Å²) in [4.78, 5) is 41.8. The monoisotopic (exact) mass is 434 g/mol. The van der Waals surface area contributed by atoms with Crippen molar-refractivity contribution in [3.05, 3.63) is 99.6 Å². The zero-order valence-electron chi connectivity index (χ0n) is 16.8. The highest BCUT2D eigenvalue weighted by Gasteiger charge is 2.22. The third-order valence-electron chi connectivity index (χ3n) is 4.26. The van der Waals surface area contributed by atoms with Crippen LogP contribution in [0.25, 0.3) is 0 Å². The predicted octanol–water partition coefficient (Wildman–Crippen LogP) is 5.20. The van der Waals surface area contributed by atoms with E-state index >= 15 is 0 Å². The molecule has 156 valence electrons. The van der Waals surface area contributed by atoms with Gasteiger partial charge in [-0.15, -0.1) is 0 Å². The summed E-state index contributed by atoms with van der Waals surface area (Å²) in [5.74, 6) is -1.22. The van der Waals surface area contributed by atoms with Gasteiger partial charge >= 0.3 is 5.97 Å². The number of rotatable bonds is 7. The molecule has 0 aliphatic carbocycles. The number of nitro groups is 1. The molecule has 0 spiro atoms. The van der Waals surface area contributed by atoms with Crippen LogP contribution in [0.5, 0.6) is 0 Å². The highest BCUT2D eigenvalue weighted by atomic mass is 32.2. The highest BCUT2D eigenvalue weighted by molar-refractivity contribution is 7.99. The minimum Gasteiger partial charge on any atom is -0.318 e. The quantitative estimate of drug-likeness (QED) is 0.167. The van der Waals surface area contributed by atoms with Crippen LogP contribution in [0.3, 0.4) is 0 Å². The number of Topliss-reactive ketones (excluding diaryl/α,β-unsaturated/α-hetero) is 1. The Kier molecular flexibility index (Phi) is 6.94. The number of aryl methyl sites for hydroxylation is 1. The zero-order valence-corrected chi connectivity index (χ0v) is 17.6. The van der Waals surface area contributed by atoms with Gasteiger partial charge < -0.3 is 4.84 Å². The van der Waals surface area contributed by atoms with Crippen molar-refractivity contribution in [2.45, 2.75) is 23.6 Å². The normalized spacial score (nSPS) is 11.1. The summed E-state index contributed by atoms with van der Waals surface area (Å²) in [5, 5.41) is 14.9. The fourth-order valence-corrected chi connectivity index (χ4v) is 3.57. The van der Waals surface area contributed by atoms with Crippen molar-refractivity contribution >= 4 is 34.9 Å². The second-order valence-corrected chi connectivity index (χ2v) is 7.69. The molecule has 0 N–H and O–H groups in total. The van der Waals surface area contributed by atoms with Gasteiger partial charge in [-0.2, -0.15) is 0 Å². The van der Waals surface area contributed by atoms with E-state index in [1.54, 1.807) is 43.0 Å². The van der Waals surface area contributed by atoms with E-state index in [1.165, 1.54) is 18.2 Å². The first-order valence-corrected chi connectivity index (χ1v) is 10.1.